The SMILES string of the molecule is CNCc1nc(C(C)C)ncc1N1CCN(C2CC2)CC1. The van der Waals surface area contributed by atoms with Crippen molar-refractivity contribution in [3.8, 4) is 0 Å². The average Bonchev–Trinajstić information content (AvgIpc) is 3.32. The summed E-state index contributed by atoms with van der Waals surface area (Å²) in [5, 5.41) is 3.24. The molecule has 2 fully saturated rings. The zero-order valence-electron chi connectivity index (χ0n) is 13.5. The molecule has 0 unspecified atom stereocenters. The van der Waals surface area contributed by atoms with Crippen LogP contribution in [0.15, 0.2) is 6.20 Å². The van der Waals surface area contributed by atoms with Gasteiger partial charge >= 0.3 is 0 Å². The van der Waals surface area contributed by atoms with Crippen molar-refractivity contribution in [2.45, 2.75) is 45.2 Å². The Bertz CT molecular complexity index is 476. The maximum absolute atomic E-state index is 4.77. The van der Waals surface area contributed by atoms with E-state index in [1.54, 1.807) is 0 Å². The van der Waals surface area contributed by atoms with Crippen molar-refractivity contribution in [1.82, 2.24) is 20.2 Å². The van der Waals surface area contributed by atoms with Crippen LogP contribution in [0.5, 0.6) is 0 Å². The first-order valence-electron chi connectivity index (χ1n) is 8.18. The first-order chi connectivity index (χ1) is 10.2. The fraction of sp³-hybridized carbons (Fsp3) is 0.750. The molecule has 2 aliphatic rings. The van der Waals surface area contributed by atoms with Gasteiger partial charge in [-0.1, -0.05) is 13.8 Å². The van der Waals surface area contributed by atoms with Crippen molar-refractivity contribution in [2.24, 2.45) is 0 Å². The minimum Gasteiger partial charge on any atom is -0.366 e. The van der Waals surface area contributed by atoms with Gasteiger partial charge in [0, 0.05) is 44.7 Å². The molecule has 116 valence electrons. The van der Waals surface area contributed by atoms with Crippen molar-refractivity contribution < 1.29 is 0 Å². The van der Waals surface area contributed by atoms with E-state index in [0.717, 1.165) is 37.2 Å². The molecule has 0 radical (unpaired) electrons. The third-order valence-corrected chi connectivity index (χ3v) is 4.44. The zero-order valence-corrected chi connectivity index (χ0v) is 13.5. The molecule has 0 amide bonds. The second kappa shape index (κ2) is 6.28. The lowest BCUT2D eigenvalue weighted by molar-refractivity contribution is 0.248. The van der Waals surface area contributed by atoms with Crippen LogP contribution in [0.4, 0.5) is 5.69 Å². The van der Waals surface area contributed by atoms with Gasteiger partial charge in [0.1, 0.15) is 5.82 Å². The van der Waals surface area contributed by atoms with E-state index in [9.17, 15) is 0 Å². The lowest BCUT2D eigenvalue weighted by atomic mass is 10.2. The van der Waals surface area contributed by atoms with Crippen molar-refractivity contribution in [2.75, 3.05) is 38.1 Å². The topological polar surface area (TPSA) is 44.3 Å². The van der Waals surface area contributed by atoms with Crippen LogP contribution >= 0.6 is 0 Å². The van der Waals surface area contributed by atoms with E-state index in [0.29, 0.717) is 5.92 Å². The maximum atomic E-state index is 4.77. The van der Waals surface area contributed by atoms with E-state index in [4.69, 9.17) is 4.98 Å². The van der Waals surface area contributed by atoms with Gasteiger partial charge in [-0.05, 0) is 19.9 Å². The average molecular weight is 289 g/mol. The number of hydrogen-bond donors (Lipinski definition) is 1. The van der Waals surface area contributed by atoms with E-state index in [2.05, 4.69) is 33.9 Å². The first kappa shape index (κ1) is 14.7. The maximum Gasteiger partial charge on any atom is 0.131 e. The van der Waals surface area contributed by atoms with Gasteiger partial charge in [-0.25, -0.2) is 9.97 Å². The third-order valence-electron chi connectivity index (χ3n) is 4.44. The van der Waals surface area contributed by atoms with Crippen LogP contribution in [-0.2, 0) is 6.54 Å². The second-order valence-electron chi connectivity index (χ2n) is 6.50. The largest absolute Gasteiger partial charge is 0.366 e. The Hall–Kier alpha value is -1.20. The van der Waals surface area contributed by atoms with E-state index in [-0.39, 0.29) is 0 Å². The molecule has 2 heterocycles. The second-order valence-corrected chi connectivity index (χ2v) is 6.50. The molecule has 0 spiro atoms. The monoisotopic (exact) mass is 289 g/mol. The van der Waals surface area contributed by atoms with Gasteiger partial charge in [-0.3, -0.25) is 4.90 Å². The quantitative estimate of drug-likeness (QED) is 0.892. The third kappa shape index (κ3) is 3.35. The normalized spacial score (nSPS) is 20.3. The number of aromatic nitrogens is 2. The van der Waals surface area contributed by atoms with Crippen molar-refractivity contribution >= 4 is 5.69 Å². The Morgan fingerprint density at radius 2 is 1.95 bits per heavy atom. The molecule has 1 aromatic heterocycles. The van der Waals surface area contributed by atoms with Crippen molar-refractivity contribution in [3.05, 3.63) is 17.7 Å². The summed E-state index contributed by atoms with van der Waals surface area (Å²) in [7, 11) is 1.98. The van der Waals surface area contributed by atoms with Gasteiger partial charge in [0.15, 0.2) is 0 Å². The Kier molecular flexibility index (Phi) is 4.40. The minimum atomic E-state index is 0.376. The standard InChI is InChI=1S/C16H27N5/c1-12(2)16-18-11-15(14(19-16)10-17-3)21-8-6-20(7-9-21)13-4-5-13/h11-13,17H,4-10H2,1-3H3. The molecule has 5 nitrogen and oxygen atoms in total. The molecule has 1 aromatic rings. The first-order valence-corrected chi connectivity index (χ1v) is 8.18. The Labute approximate surface area is 127 Å². The summed E-state index contributed by atoms with van der Waals surface area (Å²) in [5.41, 5.74) is 2.35. The van der Waals surface area contributed by atoms with E-state index in [1.165, 1.54) is 31.6 Å². The highest BCUT2D eigenvalue weighted by Gasteiger charge is 2.31. The Morgan fingerprint density at radius 1 is 1.24 bits per heavy atom. The van der Waals surface area contributed by atoms with Crippen LogP contribution in [-0.4, -0.2) is 54.1 Å². The van der Waals surface area contributed by atoms with Crippen LogP contribution in [0.25, 0.3) is 0 Å². The molecular formula is C16H27N5. The highest BCUT2D eigenvalue weighted by Crippen LogP contribution is 2.29. The summed E-state index contributed by atoms with van der Waals surface area (Å²) in [4.78, 5) is 14.4. The van der Waals surface area contributed by atoms with Gasteiger partial charge in [-0.15, -0.1) is 0 Å². The van der Waals surface area contributed by atoms with Crippen LogP contribution < -0.4 is 10.2 Å². The van der Waals surface area contributed by atoms with Crippen LogP contribution in [0.1, 0.15) is 44.1 Å². The Balaban J connectivity index is 1.74. The fourth-order valence-electron chi connectivity index (χ4n) is 3.03. The zero-order chi connectivity index (χ0) is 14.8. The molecule has 1 aliphatic heterocycles. The molecule has 0 bridgehead atoms. The summed E-state index contributed by atoms with van der Waals surface area (Å²) in [6.07, 6.45) is 4.83. The lowest BCUT2D eigenvalue weighted by Crippen LogP contribution is -2.47. The highest BCUT2D eigenvalue weighted by atomic mass is 15.3. The summed E-state index contributed by atoms with van der Waals surface area (Å²) < 4.78 is 0. The number of rotatable bonds is 5. The number of hydrogen-bond acceptors (Lipinski definition) is 5. The van der Waals surface area contributed by atoms with Crippen LogP contribution in [0.3, 0.4) is 0 Å². The molecule has 1 saturated heterocycles. The van der Waals surface area contributed by atoms with Crippen LogP contribution in [0, 0.1) is 0 Å². The van der Waals surface area contributed by atoms with Gasteiger partial charge in [-0.2, -0.15) is 0 Å². The molecule has 1 N–H and O–H groups in total. The molecular weight excluding hydrogens is 262 g/mol. The summed E-state index contributed by atoms with van der Waals surface area (Å²) in [6.45, 7) is 9.64. The summed E-state index contributed by atoms with van der Waals surface area (Å²) >= 11 is 0. The number of nitrogens with zero attached hydrogens (tertiary/aromatic N) is 4. The molecule has 1 aliphatic carbocycles. The molecule has 1 saturated carbocycles. The highest BCUT2D eigenvalue weighted by molar-refractivity contribution is 5.49. The van der Waals surface area contributed by atoms with Gasteiger partial charge < -0.3 is 10.2 Å². The number of piperazine rings is 1. The number of anilines is 1. The van der Waals surface area contributed by atoms with Gasteiger partial charge in [0.25, 0.3) is 0 Å². The Morgan fingerprint density at radius 3 is 2.52 bits per heavy atom. The van der Waals surface area contributed by atoms with Gasteiger partial charge in [0.2, 0.25) is 0 Å². The van der Waals surface area contributed by atoms with E-state index in [1.807, 2.05) is 13.2 Å². The lowest BCUT2D eigenvalue weighted by Gasteiger charge is -2.36. The smallest absolute Gasteiger partial charge is 0.131 e. The molecule has 3 rings (SSSR count). The molecule has 0 atom stereocenters. The summed E-state index contributed by atoms with van der Waals surface area (Å²) in [5.74, 6) is 1.32. The predicted molar refractivity (Wildman–Crippen MR) is 85.7 cm³/mol. The predicted octanol–water partition coefficient (Wildman–Crippen LogP) is 1.60. The fourth-order valence-corrected chi connectivity index (χ4v) is 3.03. The van der Waals surface area contributed by atoms with Crippen molar-refractivity contribution in [1.29, 1.82) is 0 Å². The number of nitrogens with one attached hydrogen (secondary N) is 1. The van der Waals surface area contributed by atoms with E-state index < -0.39 is 0 Å². The molecule has 0 aromatic carbocycles. The minimum absolute atomic E-state index is 0.376. The summed E-state index contributed by atoms with van der Waals surface area (Å²) in [6, 6.07) is 0.878. The van der Waals surface area contributed by atoms with Crippen LogP contribution in [0.2, 0.25) is 0 Å². The molecule has 21 heavy (non-hydrogen) atoms. The van der Waals surface area contributed by atoms with Gasteiger partial charge in [0.05, 0.1) is 17.6 Å². The van der Waals surface area contributed by atoms with E-state index >= 15 is 0 Å². The molecule has 5 heteroatoms. The van der Waals surface area contributed by atoms with Crippen molar-refractivity contribution in [3.63, 3.8) is 0 Å².